The Hall–Kier alpha value is -1.63. The third-order valence-corrected chi connectivity index (χ3v) is 4.54. The average molecular weight is 355 g/mol. The second-order valence-corrected chi connectivity index (χ2v) is 6.61. The van der Waals surface area contributed by atoms with Crippen LogP contribution in [0.5, 0.6) is 0 Å². The van der Waals surface area contributed by atoms with E-state index in [-0.39, 0.29) is 5.91 Å². The van der Waals surface area contributed by atoms with Crippen LogP contribution < -0.4 is 10.6 Å². The normalized spacial score (nSPS) is 13.6. The van der Waals surface area contributed by atoms with Crippen LogP contribution in [0.1, 0.15) is 10.4 Å². The van der Waals surface area contributed by atoms with Gasteiger partial charge in [0.15, 0.2) is 11.0 Å². The largest absolute Gasteiger partial charge is 0.364 e. The summed E-state index contributed by atoms with van der Waals surface area (Å²) in [6, 6.07) is 5.41. The fourth-order valence-electron chi connectivity index (χ4n) is 2.01. The number of amides is 1. The SMILES string of the molecule is O=C(Nc1ncc(Cc2ccc(Cl)cc2Cl)s1)C1=NCCN1. The first kappa shape index (κ1) is 15.3. The van der Waals surface area contributed by atoms with Crippen molar-refractivity contribution in [3.63, 3.8) is 0 Å². The highest BCUT2D eigenvalue weighted by atomic mass is 35.5. The number of rotatable bonds is 4. The maximum absolute atomic E-state index is 11.9. The molecule has 1 aromatic heterocycles. The molecule has 2 N–H and O–H groups in total. The number of aliphatic imine (C=N–C) groups is 1. The molecule has 0 radical (unpaired) electrons. The Morgan fingerprint density at radius 3 is 3.00 bits per heavy atom. The Morgan fingerprint density at radius 1 is 1.41 bits per heavy atom. The van der Waals surface area contributed by atoms with Gasteiger partial charge in [-0.2, -0.15) is 0 Å². The molecule has 0 spiro atoms. The van der Waals surface area contributed by atoms with E-state index in [4.69, 9.17) is 23.2 Å². The van der Waals surface area contributed by atoms with Gasteiger partial charge in [0.05, 0.1) is 6.54 Å². The lowest BCUT2D eigenvalue weighted by molar-refractivity contribution is -0.110. The first-order valence-electron chi connectivity index (χ1n) is 6.60. The number of carbonyl (C=O) groups is 1. The first-order valence-corrected chi connectivity index (χ1v) is 8.17. The summed E-state index contributed by atoms with van der Waals surface area (Å²) in [6.07, 6.45) is 2.37. The minimum absolute atomic E-state index is 0.261. The molecule has 3 rings (SSSR count). The maximum atomic E-state index is 11.9. The zero-order valence-corrected chi connectivity index (χ0v) is 13.7. The van der Waals surface area contributed by atoms with Crippen molar-refractivity contribution >= 4 is 51.4 Å². The fraction of sp³-hybridized carbons (Fsp3) is 0.214. The molecule has 0 atom stereocenters. The number of aromatic nitrogens is 1. The number of nitrogens with zero attached hydrogens (tertiary/aromatic N) is 2. The summed E-state index contributed by atoms with van der Waals surface area (Å²) in [6.45, 7) is 1.32. The lowest BCUT2D eigenvalue weighted by atomic mass is 10.1. The van der Waals surface area contributed by atoms with Gasteiger partial charge in [0.25, 0.3) is 5.91 Å². The summed E-state index contributed by atoms with van der Waals surface area (Å²) in [7, 11) is 0. The zero-order chi connectivity index (χ0) is 15.5. The summed E-state index contributed by atoms with van der Waals surface area (Å²) in [5, 5.41) is 7.43. The number of nitrogens with one attached hydrogen (secondary N) is 2. The second kappa shape index (κ2) is 6.64. The van der Waals surface area contributed by atoms with Crippen LogP contribution in [-0.2, 0) is 11.2 Å². The summed E-state index contributed by atoms with van der Waals surface area (Å²) in [4.78, 5) is 21.2. The van der Waals surface area contributed by atoms with Gasteiger partial charge in [0.2, 0.25) is 0 Å². The lowest BCUT2D eigenvalue weighted by Crippen LogP contribution is -2.32. The van der Waals surface area contributed by atoms with Crippen molar-refractivity contribution in [2.75, 3.05) is 18.4 Å². The number of hydrogen-bond acceptors (Lipinski definition) is 5. The molecule has 114 valence electrons. The Balaban J connectivity index is 1.67. The molecule has 5 nitrogen and oxygen atoms in total. The van der Waals surface area contributed by atoms with Gasteiger partial charge in [0.1, 0.15) is 0 Å². The van der Waals surface area contributed by atoms with Crippen molar-refractivity contribution in [3.8, 4) is 0 Å². The van der Waals surface area contributed by atoms with Crippen LogP contribution in [0.2, 0.25) is 10.0 Å². The quantitative estimate of drug-likeness (QED) is 0.886. The van der Waals surface area contributed by atoms with Gasteiger partial charge >= 0.3 is 0 Å². The molecule has 1 aliphatic heterocycles. The molecule has 8 heteroatoms. The van der Waals surface area contributed by atoms with Crippen molar-refractivity contribution in [2.45, 2.75) is 6.42 Å². The van der Waals surface area contributed by atoms with Gasteiger partial charge in [0, 0.05) is 34.1 Å². The van der Waals surface area contributed by atoms with Crippen LogP contribution >= 0.6 is 34.5 Å². The molecular formula is C14H12Cl2N4OS. The number of halogens is 2. The monoisotopic (exact) mass is 354 g/mol. The van der Waals surface area contributed by atoms with E-state index in [0.717, 1.165) is 10.4 Å². The topological polar surface area (TPSA) is 66.4 Å². The Morgan fingerprint density at radius 2 is 2.27 bits per heavy atom. The van der Waals surface area contributed by atoms with E-state index in [0.29, 0.717) is 40.5 Å². The molecular weight excluding hydrogens is 343 g/mol. The van der Waals surface area contributed by atoms with Gasteiger partial charge in [-0.25, -0.2) is 4.98 Å². The van der Waals surface area contributed by atoms with E-state index >= 15 is 0 Å². The number of anilines is 1. The second-order valence-electron chi connectivity index (χ2n) is 4.66. The van der Waals surface area contributed by atoms with Gasteiger partial charge in [-0.15, -0.1) is 11.3 Å². The van der Waals surface area contributed by atoms with Crippen molar-refractivity contribution in [3.05, 3.63) is 44.9 Å². The smallest absolute Gasteiger partial charge is 0.292 e. The van der Waals surface area contributed by atoms with Crippen molar-refractivity contribution in [1.82, 2.24) is 10.3 Å². The molecule has 0 unspecified atom stereocenters. The number of amidine groups is 1. The van der Waals surface area contributed by atoms with Gasteiger partial charge in [-0.1, -0.05) is 29.3 Å². The number of thiazole rings is 1. The summed E-state index contributed by atoms with van der Waals surface area (Å²) in [5.41, 5.74) is 0.967. The van der Waals surface area contributed by atoms with Gasteiger partial charge in [-0.05, 0) is 17.7 Å². The van der Waals surface area contributed by atoms with Crippen LogP contribution in [-0.4, -0.2) is 29.8 Å². The predicted molar refractivity (Wildman–Crippen MR) is 90.3 cm³/mol. The molecule has 1 aromatic carbocycles. The molecule has 2 heterocycles. The number of benzene rings is 1. The van der Waals surface area contributed by atoms with Crippen LogP contribution in [0.3, 0.4) is 0 Å². The molecule has 0 saturated heterocycles. The standard InChI is InChI=1S/C14H12Cl2N4OS/c15-9-2-1-8(11(16)6-9)5-10-7-19-14(22-10)20-13(21)12-17-3-4-18-12/h1-2,6-7H,3-5H2,(H,17,18)(H,19,20,21). The van der Waals surface area contributed by atoms with Crippen molar-refractivity contribution in [2.24, 2.45) is 4.99 Å². The van der Waals surface area contributed by atoms with Crippen LogP contribution in [0.4, 0.5) is 5.13 Å². The van der Waals surface area contributed by atoms with Crippen molar-refractivity contribution in [1.29, 1.82) is 0 Å². The van der Waals surface area contributed by atoms with E-state index in [9.17, 15) is 4.79 Å². The molecule has 2 aromatic rings. The maximum Gasteiger partial charge on any atom is 0.292 e. The lowest BCUT2D eigenvalue weighted by Gasteiger charge is -2.02. The molecule has 0 saturated carbocycles. The summed E-state index contributed by atoms with van der Waals surface area (Å²) in [5.74, 6) is 0.0976. The molecule has 0 aliphatic carbocycles. The van der Waals surface area contributed by atoms with Crippen LogP contribution in [0, 0.1) is 0 Å². The molecule has 0 fully saturated rings. The Kier molecular flexibility index (Phi) is 4.61. The average Bonchev–Trinajstić information content (AvgIpc) is 3.13. The molecule has 1 aliphatic rings. The van der Waals surface area contributed by atoms with Gasteiger partial charge in [-0.3, -0.25) is 15.1 Å². The minimum Gasteiger partial charge on any atom is -0.364 e. The molecule has 0 bridgehead atoms. The first-order chi connectivity index (χ1) is 10.6. The van der Waals surface area contributed by atoms with E-state index < -0.39 is 0 Å². The highest BCUT2D eigenvalue weighted by Gasteiger charge is 2.16. The number of hydrogen-bond donors (Lipinski definition) is 2. The highest BCUT2D eigenvalue weighted by molar-refractivity contribution is 7.15. The Bertz CT molecular complexity index is 744. The summed E-state index contributed by atoms with van der Waals surface area (Å²) < 4.78 is 0. The van der Waals surface area contributed by atoms with E-state index in [2.05, 4.69) is 20.6 Å². The Labute approximate surface area is 141 Å². The minimum atomic E-state index is -0.261. The predicted octanol–water partition coefficient (Wildman–Crippen LogP) is 2.98. The van der Waals surface area contributed by atoms with Crippen molar-refractivity contribution < 1.29 is 4.79 Å². The van der Waals surface area contributed by atoms with E-state index in [1.807, 2.05) is 6.07 Å². The highest BCUT2D eigenvalue weighted by Crippen LogP contribution is 2.26. The van der Waals surface area contributed by atoms with E-state index in [1.54, 1.807) is 18.3 Å². The van der Waals surface area contributed by atoms with Gasteiger partial charge < -0.3 is 5.32 Å². The zero-order valence-electron chi connectivity index (χ0n) is 11.4. The third-order valence-electron chi connectivity index (χ3n) is 3.04. The summed E-state index contributed by atoms with van der Waals surface area (Å²) >= 11 is 13.5. The van der Waals surface area contributed by atoms with Crippen LogP contribution in [0.25, 0.3) is 0 Å². The van der Waals surface area contributed by atoms with Crippen LogP contribution in [0.15, 0.2) is 29.4 Å². The van der Waals surface area contributed by atoms with E-state index in [1.165, 1.54) is 11.3 Å². The fourth-order valence-corrected chi connectivity index (χ4v) is 3.31. The molecule has 22 heavy (non-hydrogen) atoms. The molecule has 1 amide bonds. The number of carbonyl (C=O) groups excluding carboxylic acids is 1. The third kappa shape index (κ3) is 3.58.